The summed E-state index contributed by atoms with van der Waals surface area (Å²) in [6, 6.07) is 5.43. The fourth-order valence-electron chi connectivity index (χ4n) is 5.96. The highest BCUT2D eigenvalue weighted by atomic mass is 16.7. The van der Waals surface area contributed by atoms with Crippen LogP contribution in [-0.4, -0.2) is 101 Å². The Hall–Kier alpha value is -5.19. The highest BCUT2D eigenvalue weighted by Gasteiger charge is 2.56. The second kappa shape index (κ2) is 21.0. The van der Waals surface area contributed by atoms with E-state index in [1.807, 2.05) is 32.9 Å². The van der Waals surface area contributed by atoms with Crippen LogP contribution in [0.15, 0.2) is 18.2 Å². The quantitative estimate of drug-likeness (QED) is 0.0814. The SMILES string of the molecule is [2H]CC(C)(C)C(=O)OC[C@H]1OC(Oc2n[nH]c(C(C)C)c2Cc2ccc(OCCCC(=O)NC(C)(C)C(=O)O)cc2C)[C@H](OC(=O)C(C)(C)C[2H])[C@@H](OC(=O)C(C)(C)C[2H])[C@@H]1OC(=O)C(C)(C)C[2H]. The van der Waals surface area contributed by atoms with E-state index in [4.69, 9.17) is 38.6 Å². The van der Waals surface area contributed by atoms with Gasteiger partial charge in [0.1, 0.15) is 24.0 Å². The summed E-state index contributed by atoms with van der Waals surface area (Å²) in [5.41, 5.74) is -4.07. The molecule has 1 amide bonds. The first-order valence-electron chi connectivity index (χ1n) is 24.3. The number of H-pyrrole nitrogens is 1. The van der Waals surface area contributed by atoms with Crippen molar-refractivity contribution in [2.45, 2.75) is 179 Å². The molecule has 0 bridgehead atoms. The molecule has 1 aliphatic rings. The number of esters is 4. The van der Waals surface area contributed by atoms with Crippen molar-refractivity contribution in [1.82, 2.24) is 15.5 Å². The Balaban J connectivity index is 2.15. The van der Waals surface area contributed by atoms with Crippen molar-refractivity contribution in [3.8, 4) is 11.6 Å². The Kier molecular flexibility index (Phi) is 15.4. The lowest BCUT2D eigenvalue weighted by atomic mass is 9.93. The van der Waals surface area contributed by atoms with Crippen LogP contribution in [0.4, 0.5) is 0 Å². The smallest absolute Gasteiger partial charge is 0.328 e. The van der Waals surface area contributed by atoms with Crippen LogP contribution in [0.25, 0.3) is 0 Å². The van der Waals surface area contributed by atoms with Crippen LogP contribution in [0, 0.1) is 28.6 Å². The van der Waals surface area contributed by atoms with Gasteiger partial charge in [-0.15, -0.1) is 5.10 Å². The summed E-state index contributed by atoms with van der Waals surface area (Å²) in [7, 11) is 0. The van der Waals surface area contributed by atoms with Crippen LogP contribution in [0.5, 0.6) is 11.6 Å². The number of aryl methyl sites for hydroxylation is 1. The number of aromatic amines is 1. The molecule has 364 valence electrons. The number of nitrogens with zero attached hydrogens (tertiary/aromatic N) is 1. The van der Waals surface area contributed by atoms with Crippen LogP contribution in [-0.2, 0) is 58.9 Å². The van der Waals surface area contributed by atoms with Gasteiger partial charge in [-0.3, -0.25) is 29.1 Å². The van der Waals surface area contributed by atoms with Gasteiger partial charge in [-0.1, -0.05) is 19.9 Å². The Morgan fingerprint density at radius 3 is 1.88 bits per heavy atom. The fourth-order valence-corrected chi connectivity index (χ4v) is 5.96. The highest BCUT2D eigenvalue weighted by molar-refractivity contribution is 5.86. The molecule has 1 saturated heterocycles. The number of carbonyl (C=O) groups excluding carboxylic acids is 5. The summed E-state index contributed by atoms with van der Waals surface area (Å²) in [6.45, 7) is 18.3. The summed E-state index contributed by atoms with van der Waals surface area (Å²) < 4.78 is 75.0. The minimum absolute atomic E-state index is 0.0120. The molecule has 2 aromatic rings. The molecular formula is C48H73N3O14. The molecule has 0 radical (unpaired) electrons. The molecule has 0 spiro atoms. The lowest BCUT2D eigenvalue weighted by Gasteiger charge is -2.45. The number of carboxylic acid groups (broad SMARTS) is 1. The number of rotatable bonds is 17. The van der Waals surface area contributed by atoms with Gasteiger partial charge >= 0.3 is 29.8 Å². The first-order valence-corrected chi connectivity index (χ1v) is 21.5. The van der Waals surface area contributed by atoms with Crippen LogP contribution in [0.2, 0.25) is 0 Å². The fraction of sp³-hybridized carbons (Fsp3) is 0.688. The topological polar surface area (TPSA) is 228 Å². The molecule has 0 aliphatic carbocycles. The number of hydrogen-bond acceptors (Lipinski definition) is 14. The van der Waals surface area contributed by atoms with E-state index in [1.54, 1.807) is 6.07 Å². The summed E-state index contributed by atoms with van der Waals surface area (Å²) in [5, 5.41) is 19.3. The number of benzene rings is 1. The van der Waals surface area contributed by atoms with Crippen LogP contribution < -0.4 is 14.8 Å². The summed E-state index contributed by atoms with van der Waals surface area (Å²) in [4.78, 5) is 78.8. The van der Waals surface area contributed by atoms with Gasteiger partial charge in [-0.2, -0.15) is 0 Å². The molecule has 17 heteroatoms. The van der Waals surface area contributed by atoms with Crippen molar-refractivity contribution >= 4 is 35.8 Å². The zero-order valence-corrected chi connectivity index (χ0v) is 40.3. The predicted molar refractivity (Wildman–Crippen MR) is 239 cm³/mol. The molecule has 1 unspecified atom stereocenters. The maximum atomic E-state index is 14.0. The number of ether oxygens (including phenoxy) is 7. The molecule has 65 heavy (non-hydrogen) atoms. The van der Waals surface area contributed by atoms with Gasteiger partial charge < -0.3 is 43.6 Å². The minimum atomic E-state index is -1.75. The number of aromatic nitrogens is 2. The molecule has 2 heterocycles. The van der Waals surface area contributed by atoms with E-state index in [-0.39, 0.29) is 38.1 Å². The van der Waals surface area contributed by atoms with E-state index in [1.165, 1.54) is 69.2 Å². The van der Waals surface area contributed by atoms with Gasteiger partial charge in [0.25, 0.3) is 0 Å². The molecule has 5 atom stereocenters. The van der Waals surface area contributed by atoms with E-state index in [2.05, 4.69) is 15.5 Å². The number of carbonyl (C=O) groups is 6. The van der Waals surface area contributed by atoms with Crippen molar-refractivity contribution < 1.29 is 72.5 Å². The third kappa shape index (κ3) is 15.2. The standard InChI is InChI=1S/C48H73N3O14/c1-26(2)33-30(24-28-20-21-29(23-27(28)3)59-22-18-19-32(52)49-48(16,17)39(53)54)37(51-50-33)65-38-36(64-43(58)47(13,14)15)35(63-42(57)46(10,11)12)34(62-41(56)45(7,8)9)31(61-38)25-60-40(55)44(4,5)6/h20-21,23,26,31,34-36,38H,18-19,22,24-25H2,1-17H3,(H,49,52)(H,50,51)(H,53,54)/t31-,34-,35+,36-,38?/m1/s1/i4D,7D,10D,13D. The third-order valence-electron chi connectivity index (χ3n) is 10.1. The van der Waals surface area contributed by atoms with E-state index < -0.39 is 121 Å². The average molecular weight is 920 g/mol. The first-order chi connectivity index (χ1) is 31.9. The Morgan fingerprint density at radius 1 is 0.815 bits per heavy atom. The zero-order valence-electron chi connectivity index (χ0n) is 44.3. The van der Waals surface area contributed by atoms with Crippen LogP contribution in [0.3, 0.4) is 0 Å². The summed E-state index contributed by atoms with van der Waals surface area (Å²) in [5.74, 6) is -4.77. The normalized spacial score (nSPS) is 20.3. The highest BCUT2D eigenvalue weighted by Crippen LogP contribution is 2.37. The third-order valence-corrected chi connectivity index (χ3v) is 10.1. The maximum Gasteiger partial charge on any atom is 0.328 e. The lowest BCUT2D eigenvalue weighted by Crippen LogP contribution is -2.65. The second-order valence-corrected chi connectivity index (χ2v) is 20.2. The molecule has 17 nitrogen and oxygen atoms in total. The Labute approximate surface area is 389 Å². The number of nitrogens with one attached hydrogen (secondary N) is 2. The number of carboxylic acids is 1. The van der Waals surface area contributed by atoms with Gasteiger partial charge in [0.15, 0.2) is 12.2 Å². The van der Waals surface area contributed by atoms with Crippen molar-refractivity contribution in [1.29, 1.82) is 0 Å². The first kappa shape index (κ1) is 47.8. The molecule has 1 fully saturated rings. The average Bonchev–Trinajstić information content (AvgIpc) is 3.68. The minimum Gasteiger partial charge on any atom is -0.494 e. The molecule has 0 saturated carbocycles. The van der Waals surface area contributed by atoms with E-state index in [0.29, 0.717) is 23.4 Å². The van der Waals surface area contributed by atoms with Gasteiger partial charge in [0.05, 0.1) is 28.3 Å². The van der Waals surface area contributed by atoms with E-state index in [9.17, 15) is 33.9 Å². The molecule has 1 aromatic carbocycles. The monoisotopic (exact) mass is 920 g/mol. The van der Waals surface area contributed by atoms with Crippen molar-refractivity contribution in [3.63, 3.8) is 0 Å². The van der Waals surface area contributed by atoms with Crippen molar-refractivity contribution in [2.75, 3.05) is 13.2 Å². The van der Waals surface area contributed by atoms with E-state index >= 15 is 0 Å². The largest absolute Gasteiger partial charge is 0.494 e. The number of amides is 1. The van der Waals surface area contributed by atoms with Gasteiger partial charge in [0, 0.05) is 29.6 Å². The molecule has 1 aliphatic heterocycles. The maximum absolute atomic E-state index is 14.0. The van der Waals surface area contributed by atoms with Crippen LogP contribution >= 0.6 is 0 Å². The molecular weight excluding hydrogens is 843 g/mol. The number of hydrogen-bond donors (Lipinski definition) is 3. The van der Waals surface area contributed by atoms with Gasteiger partial charge in [-0.05, 0) is 139 Å². The Morgan fingerprint density at radius 2 is 1.35 bits per heavy atom. The van der Waals surface area contributed by atoms with Gasteiger partial charge in [-0.25, -0.2) is 4.79 Å². The van der Waals surface area contributed by atoms with Gasteiger partial charge in [0.2, 0.25) is 24.2 Å². The molecule has 3 N–H and O–H groups in total. The van der Waals surface area contributed by atoms with Crippen molar-refractivity contribution in [2.24, 2.45) is 21.7 Å². The predicted octanol–water partition coefficient (Wildman–Crippen LogP) is 7.14. The Bertz CT molecular complexity index is 2140. The number of aliphatic carboxylic acids is 1. The summed E-state index contributed by atoms with van der Waals surface area (Å²) in [6.07, 6.45) is -7.77. The lowest BCUT2D eigenvalue weighted by molar-refractivity contribution is -0.294. The second-order valence-electron chi connectivity index (χ2n) is 20.2. The van der Waals surface area contributed by atoms with E-state index in [0.717, 1.165) is 11.1 Å². The zero-order chi connectivity index (χ0) is 52.4. The van der Waals surface area contributed by atoms with Crippen molar-refractivity contribution in [3.05, 3.63) is 40.6 Å². The van der Waals surface area contributed by atoms with Crippen LogP contribution in [0.1, 0.15) is 157 Å². The molecule has 3 rings (SSSR count). The summed E-state index contributed by atoms with van der Waals surface area (Å²) >= 11 is 0. The molecule has 1 aromatic heterocycles.